The summed E-state index contributed by atoms with van der Waals surface area (Å²) in [7, 11) is 0. The van der Waals surface area contributed by atoms with E-state index in [1.807, 2.05) is 49.4 Å². The van der Waals surface area contributed by atoms with Gasteiger partial charge >= 0.3 is 0 Å². The van der Waals surface area contributed by atoms with Gasteiger partial charge in [-0.25, -0.2) is 0 Å². The molecule has 2 saturated carbocycles. The summed E-state index contributed by atoms with van der Waals surface area (Å²) in [5.74, 6) is 0.966. The van der Waals surface area contributed by atoms with Crippen molar-refractivity contribution in [2.24, 2.45) is 0 Å². The van der Waals surface area contributed by atoms with E-state index in [1.54, 1.807) is 0 Å². The van der Waals surface area contributed by atoms with Gasteiger partial charge in [0.15, 0.2) is 0 Å². The van der Waals surface area contributed by atoms with Crippen molar-refractivity contribution in [3.8, 4) is 5.75 Å². The summed E-state index contributed by atoms with van der Waals surface area (Å²) in [5, 5.41) is 3.84. The minimum atomic E-state index is -0.536. The summed E-state index contributed by atoms with van der Waals surface area (Å²) >= 11 is 6.47. The minimum absolute atomic E-state index is 0.0435. The van der Waals surface area contributed by atoms with Crippen LogP contribution in [0.1, 0.15) is 62.5 Å². The lowest BCUT2D eigenvalue weighted by Crippen LogP contribution is -2.38. The number of nitrogens with one attached hydrogen (secondary N) is 1. The molecule has 1 N–H and O–H groups in total. The topological polar surface area (TPSA) is 38.3 Å². The van der Waals surface area contributed by atoms with Crippen LogP contribution in [0, 0.1) is 6.92 Å². The van der Waals surface area contributed by atoms with Crippen LogP contribution < -0.4 is 10.1 Å². The Morgan fingerprint density at radius 1 is 1.07 bits per heavy atom. The molecule has 4 heteroatoms. The van der Waals surface area contributed by atoms with Gasteiger partial charge in [-0.3, -0.25) is 4.79 Å². The quantitative estimate of drug-likeness (QED) is 0.632. The van der Waals surface area contributed by atoms with Crippen molar-refractivity contribution < 1.29 is 9.53 Å². The van der Waals surface area contributed by atoms with Gasteiger partial charge in [0.05, 0.1) is 11.5 Å². The zero-order chi connectivity index (χ0) is 19.6. The molecule has 2 fully saturated rings. The molecule has 0 heterocycles. The number of carbonyl (C=O) groups excluding carboxylic acids is 1. The fourth-order valence-electron chi connectivity index (χ4n) is 4.74. The van der Waals surface area contributed by atoms with Crippen LogP contribution in [-0.4, -0.2) is 12.0 Å². The van der Waals surface area contributed by atoms with E-state index in [9.17, 15) is 4.79 Å². The second-order valence-corrected chi connectivity index (χ2v) is 8.63. The Morgan fingerprint density at radius 2 is 1.79 bits per heavy atom. The number of aryl methyl sites for hydroxylation is 1. The van der Waals surface area contributed by atoms with Gasteiger partial charge in [0, 0.05) is 10.7 Å². The zero-order valence-electron chi connectivity index (χ0n) is 16.5. The van der Waals surface area contributed by atoms with Crippen LogP contribution in [0.25, 0.3) is 0 Å². The number of carbonyl (C=O) groups is 1. The maximum Gasteiger partial charge on any atom is 0.235 e. The molecule has 0 bridgehead atoms. The number of amides is 1. The highest BCUT2D eigenvalue weighted by molar-refractivity contribution is 6.31. The van der Waals surface area contributed by atoms with Gasteiger partial charge in [0.1, 0.15) is 5.75 Å². The molecule has 0 spiro atoms. The van der Waals surface area contributed by atoms with Crippen molar-refractivity contribution >= 4 is 23.2 Å². The van der Waals surface area contributed by atoms with Crippen LogP contribution in [0.4, 0.5) is 5.69 Å². The van der Waals surface area contributed by atoms with E-state index in [4.69, 9.17) is 16.3 Å². The maximum atomic E-state index is 13.4. The van der Waals surface area contributed by atoms with Gasteiger partial charge in [-0.05, 0) is 80.8 Å². The fourth-order valence-corrected chi connectivity index (χ4v) is 5.06. The summed E-state index contributed by atoms with van der Waals surface area (Å²) < 4.78 is 6.14. The Balaban J connectivity index is 1.53. The van der Waals surface area contributed by atoms with E-state index in [1.165, 1.54) is 12.8 Å². The van der Waals surface area contributed by atoms with E-state index in [0.29, 0.717) is 11.1 Å². The Labute approximate surface area is 172 Å². The Kier molecular flexibility index (Phi) is 5.63. The maximum absolute atomic E-state index is 13.4. The van der Waals surface area contributed by atoms with Crippen molar-refractivity contribution in [1.29, 1.82) is 0 Å². The molecule has 3 nitrogen and oxygen atoms in total. The van der Waals surface area contributed by atoms with E-state index in [-0.39, 0.29) is 5.91 Å². The van der Waals surface area contributed by atoms with Gasteiger partial charge in [-0.15, -0.1) is 0 Å². The molecule has 0 aromatic heterocycles. The van der Waals surface area contributed by atoms with E-state index in [0.717, 1.165) is 61.1 Å². The lowest BCUT2D eigenvalue weighted by atomic mass is 9.78. The Bertz CT molecular complexity index is 851. The molecule has 0 atom stereocenters. The van der Waals surface area contributed by atoms with Gasteiger partial charge in [0.2, 0.25) is 5.91 Å². The molecule has 0 unspecified atom stereocenters. The minimum Gasteiger partial charge on any atom is -0.490 e. The van der Waals surface area contributed by atoms with Crippen LogP contribution in [-0.2, 0) is 10.2 Å². The first kappa shape index (κ1) is 19.3. The lowest BCUT2D eigenvalue weighted by Gasteiger charge is -2.29. The SMILES string of the molecule is Cc1cc(NC(=O)C2(c3ccccc3Cl)CCCC2)ccc1OC1CCCC1. The van der Waals surface area contributed by atoms with E-state index in [2.05, 4.69) is 5.32 Å². The second-order valence-electron chi connectivity index (χ2n) is 8.23. The Hall–Kier alpha value is -2.00. The van der Waals surface area contributed by atoms with Gasteiger partial charge in [-0.2, -0.15) is 0 Å². The summed E-state index contributed by atoms with van der Waals surface area (Å²) in [5.41, 5.74) is 2.29. The molecule has 28 heavy (non-hydrogen) atoms. The van der Waals surface area contributed by atoms with Crippen LogP contribution in [0.3, 0.4) is 0 Å². The van der Waals surface area contributed by atoms with Crippen molar-refractivity contribution in [1.82, 2.24) is 0 Å². The molecule has 1 amide bonds. The first-order valence-corrected chi connectivity index (χ1v) is 10.8. The van der Waals surface area contributed by atoms with Crippen LogP contribution in [0.15, 0.2) is 42.5 Å². The van der Waals surface area contributed by atoms with Crippen molar-refractivity contribution in [3.05, 3.63) is 58.6 Å². The second kappa shape index (κ2) is 8.16. The molecular weight excluding hydrogens is 370 g/mol. The highest BCUT2D eigenvalue weighted by Gasteiger charge is 2.43. The lowest BCUT2D eigenvalue weighted by molar-refractivity contribution is -0.121. The van der Waals surface area contributed by atoms with Crippen LogP contribution >= 0.6 is 11.6 Å². The molecule has 2 aromatic carbocycles. The average molecular weight is 398 g/mol. The largest absolute Gasteiger partial charge is 0.490 e. The van der Waals surface area contributed by atoms with Crippen molar-refractivity contribution in [2.75, 3.05) is 5.32 Å². The molecular formula is C24H28ClNO2. The zero-order valence-corrected chi connectivity index (χ0v) is 17.2. The summed E-state index contributed by atoms with van der Waals surface area (Å²) in [4.78, 5) is 13.4. The molecule has 2 aliphatic rings. The number of anilines is 1. The molecule has 2 aromatic rings. The van der Waals surface area contributed by atoms with E-state index < -0.39 is 5.41 Å². The molecule has 2 aliphatic carbocycles. The summed E-state index contributed by atoms with van der Waals surface area (Å²) in [6.45, 7) is 2.04. The smallest absolute Gasteiger partial charge is 0.235 e. The predicted molar refractivity (Wildman–Crippen MR) is 114 cm³/mol. The number of halogens is 1. The number of ether oxygens (including phenoxy) is 1. The molecule has 148 valence electrons. The molecule has 4 rings (SSSR count). The standard InChI is InChI=1S/C24H28ClNO2/c1-17-16-18(12-13-22(17)28-19-8-2-3-9-19)26-23(27)24(14-6-7-15-24)20-10-4-5-11-21(20)25/h4-5,10-13,16,19H,2-3,6-9,14-15H2,1H3,(H,26,27). The van der Waals surface area contributed by atoms with E-state index >= 15 is 0 Å². The summed E-state index contributed by atoms with van der Waals surface area (Å²) in [6, 6.07) is 13.7. The van der Waals surface area contributed by atoms with Gasteiger partial charge in [-0.1, -0.05) is 42.6 Å². The number of benzene rings is 2. The number of hydrogen-bond donors (Lipinski definition) is 1. The average Bonchev–Trinajstić information content (AvgIpc) is 3.37. The number of hydrogen-bond acceptors (Lipinski definition) is 2. The molecule has 0 aliphatic heterocycles. The van der Waals surface area contributed by atoms with Crippen LogP contribution in [0.2, 0.25) is 5.02 Å². The Morgan fingerprint density at radius 3 is 2.46 bits per heavy atom. The first-order chi connectivity index (χ1) is 13.6. The normalized spacial score (nSPS) is 18.9. The number of rotatable bonds is 5. The third-order valence-corrected chi connectivity index (χ3v) is 6.64. The third-order valence-electron chi connectivity index (χ3n) is 6.31. The highest BCUT2D eigenvalue weighted by atomic mass is 35.5. The first-order valence-electron chi connectivity index (χ1n) is 10.4. The van der Waals surface area contributed by atoms with Gasteiger partial charge < -0.3 is 10.1 Å². The van der Waals surface area contributed by atoms with Crippen molar-refractivity contribution in [2.45, 2.75) is 69.8 Å². The highest BCUT2D eigenvalue weighted by Crippen LogP contribution is 2.44. The van der Waals surface area contributed by atoms with Crippen LogP contribution in [0.5, 0.6) is 5.75 Å². The molecule has 0 radical (unpaired) electrons. The van der Waals surface area contributed by atoms with Gasteiger partial charge in [0.25, 0.3) is 0 Å². The summed E-state index contributed by atoms with van der Waals surface area (Å²) in [6.07, 6.45) is 8.88. The fraction of sp³-hybridized carbons (Fsp3) is 0.458. The predicted octanol–water partition coefficient (Wildman–Crippen LogP) is 6.42. The monoisotopic (exact) mass is 397 g/mol. The van der Waals surface area contributed by atoms with Crippen molar-refractivity contribution in [3.63, 3.8) is 0 Å². The molecule has 0 saturated heterocycles. The third kappa shape index (κ3) is 3.77.